The Bertz CT molecular complexity index is 1020. The van der Waals surface area contributed by atoms with Crippen molar-refractivity contribution in [3.63, 3.8) is 0 Å². The Morgan fingerprint density at radius 2 is 1.93 bits per heavy atom. The average molecular weight is 402 g/mol. The van der Waals surface area contributed by atoms with Crippen molar-refractivity contribution in [1.29, 1.82) is 0 Å². The molecule has 0 aliphatic heterocycles. The quantitative estimate of drug-likeness (QED) is 0.636. The summed E-state index contributed by atoms with van der Waals surface area (Å²) in [6, 6.07) is 8.27. The Morgan fingerprint density at radius 1 is 1.21 bits per heavy atom. The van der Waals surface area contributed by atoms with Gasteiger partial charge in [-0.2, -0.15) is 4.98 Å². The summed E-state index contributed by atoms with van der Waals surface area (Å²) in [5.41, 5.74) is 2.46. The molecule has 0 bridgehead atoms. The van der Waals surface area contributed by atoms with E-state index >= 15 is 0 Å². The molecular weight excluding hydrogens is 382 g/mol. The smallest absolute Gasteiger partial charge is 0.307 e. The number of aromatic nitrogens is 4. The Balaban J connectivity index is 1.77. The Hall–Kier alpha value is -3.00. The lowest BCUT2D eigenvalue weighted by Gasteiger charge is -2.18. The Kier molecular flexibility index (Phi) is 5.89. The van der Waals surface area contributed by atoms with Gasteiger partial charge in [0.2, 0.25) is 5.91 Å². The molecular formula is C19H20ClN5O3. The van der Waals surface area contributed by atoms with Crippen LogP contribution in [0.2, 0.25) is 5.02 Å². The summed E-state index contributed by atoms with van der Waals surface area (Å²) >= 11 is 5.92. The first kappa shape index (κ1) is 19.8. The monoisotopic (exact) mass is 401 g/mol. The van der Waals surface area contributed by atoms with Crippen LogP contribution in [0.15, 0.2) is 30.3 Å². The van der Waals surface area contributed by atoms with Crippen molar-refractivity contribution in [2.75, 3.05) is 7.11 Å². The molecule has 2 heterocycles. The van der Waals surface area contributed by atoms with Crippen LogP contribution in [-0.2, 0) is 20.7 Å². The fraction of sp³-hybridized carbons (Fsp3) is 0.316. The largest absolute Gasteiger partial charge is 0.469 e. The fourth-order valence-electron chi connectivity index (χ4n) is 2.87. The molecule has 1 atom stereocenters. The predicted octanol–water partition coefficient (Wildman–Crippen LogP) is 2.36. The number of carbonyl (C=O) groups excluding carboxylic acids is 2. The molecule has 28 heavy (non-hydrogen) atoms. The highest BCUT2D eigenvalue weighted by Crippen LogP contribution is 2.20. The van der Waals surface area contributed by atoms with Crippen molar-refractivity contribution >= 4 is 29.3 Å². The van der Waals surface area contributed by atoms with Gasteiger partial charge in [0.05, 0.1) is 26.0 Å². The van der Waals surface area contributed by atoms with E-state index in [0.717, 1.165) is 17.0 Å². The van der Waals surface area contributed by atoms with Crippen LogP contribution in [0.1, 0.15) is 35.2 Å². The lowest BCUT2D eigenvalue weighted by molar-refractivity contribution is -0.141. The maximum Gasteiger partial charge on any atom is 0.307 e. The lowest BCUT2D eigenvalue weighted by atomic mass is 10.0. The highest BCUT2D eigenvalue weighted by molar-refractivity contribution is 6.30. The number of fused-ring (bicyclic) bond motifs is 1. The zero-order chi connectivity index (χ0) is 20.3. The lowest BCUT2D eigenvalue weighted by Crippen LogP contribution is -2.32. The van der Waals surface area contributed by atoms with Crippen LogP contribution >= 0.6 is 11.6 Å². The number of methoxy groups -OCH3 is 1. The van der Waals surface area contributed by atoms with Gasteiger partial charge in [-0.25, -0.2) is 9.50 Å². The van der Waals surface area contributed by atoms with Crippen molar-refractivity contribution in [2.24, 2.45) is 0 Å². The zero-order valence-electron chi connectivity index (χ0n) is 15.8. The number of nitrogens with one attached hydrogen (secondary N) is 1. The first-order chi connectivity index (χ1) is 13.4. The third-order valence-electron chi connectivity index (χ3n) is 4.19. The van der Waals surface area contributed by atoms with Crippen molar-refractivity contribution in [2.45, 2.75) is 32.7 Å². The van der Waals surface area contributed by atoms with Gasteiger partial charge in [-0.15, -0.1) is 5.10 Å². The van der Waals surface area contributed by atoms with E-state index in [2.05, 4.69) is 20.4 Å². The summed E-state index contributed by atoms with van der Waals surface area (Å²) in [4.78, 5) is 32.9. The zero-order valence-corrected chi connectivity index (χ0v) is 16.5. The highest BCUT2D eigenvalue weighted by atomic mass is 35.5. The van der Waals surface area contributed by atoms with Crippen LogP contribution in [0, 0.1) is 13.8 Å². The molecule has 146 valence electrons. The Morgan fingerprint density at radius 3 is 2.61 bits per heavy atom. The Labute approximate surface area is 166 Å². The molecule has 9 heteroatoms. The molecule has 0 radical (unpaired) electrons. The highest BCUT2D eigenvalue weighted by Gasteiger charge is 2.20. The van der Waals surface area contributed by atoms with E-state index in [-0.39, 0.29) is 18.7 Å². The minimum Gasteiger partial charge on any atom is -0.469 e. The number of amides is 1. The van der Waals surface area contributed by atoms with E-state index in [1.807, 2.05) is 19.9 Å². The first-order valence-electron chi connectivity index (χ1n) is 8.67. The van der Waals surface area contributed by atoms with Crippen molar-refractivity contribution < 1.29 is 14.3 Å². The fourth-order valence-corrected chi connectivity index (χ4v) is 2.99. The van der Waals surface area contributed by atoms with Crippen molar-refractivity contribution in [1.82, 2.24) is 24.9 Å². The van der Waals surface area contributed by atoms with Gasteiger partial charge < -0.3 is 10.1 Å². The van der Waals surface area contributed by atoms with Crippen molar-refractivity contribution in [3.05, 3.63) is 58.1 Å². The van der Waals surface area contributed by atoms with Gasteiger partial charge in [0, 0.05) is 16.4 Å². The van der Waals surface area contributed by atoms with E-state index in [1.54, 1.807) is 28.8 Å². The van der Waals surface area contributed by atoms with Crippen LogP contribution in [0.25, 0.3) is 5.78 Å². The van der Waals surface area contributed by atoms with E-state index in [1.165, 1.54) is 7.11 Å². The van der Waals surface area contributed by atoms with Crippen molar-refractivity contribution in [3.8, 4) is 0 Å². The maximum atomic E-state index is 12.6. The molecule has 3 rings (SSSR count). The number of hydrogen-bond acceptors (Lipinski definition) is 6. The van der Waals surface area contributed by atoms with Crippen LogP contribution in [0.4, 0.5) is 0 Å². The van der Waals surface area contributed by atoms with E-state index < -0.39 is 12.0 Å². The minimum absolute atomic E-state index is 0.00231. The number of rotatable bonds is 6. The molecule has 0 saturated carbocycles. The molecule has 0 spiro atoms. The summed E-state index contributed by atoms with van der Waals surface area (Å²) in [7, 11) is 1.31. The standard InChI is InChI=1S/C19H20ClN5O3/c1-11-8-12(2)25-19(21-11)23-16(24-25)10-17(26)22-15(9-18(27)28-3)13-4-6-14(20)7-5-13/h4-8,15H,9-10H2,1-3H3,(H,22,26). The number of benzene rings is 1. The number of ether oxygens (including phenoxy) is 1. The maximum absolute atomic E-state index is 12.6. The number of esters is 1. The molecule has 0 fully saturated rings. The van der Waals surface area contributed by atoms with Gasteiger partial charge >= 0.3 is 5.97 Å². The third-order valence-corrected chi connectivity index (χ3v) is 4.44. The minimum atomic E-state index is -0.545. The van der Waals surface area contributed by atoms with Gasteiger partial charge in [-0.3, -0.25) is 9.59 Å². The average Bonchev–Trinajstić information content (AvgIpc) is 3.04. The summed E-state index contributed by atoms with van der Waals surface area (Å²) in [5.74, 6) is 0.0614. The van der Waals surface area contributed by atoms with Gasteiger partial charge in [0.25, 0.3) is 5.78 Å². The van der Waals surface area contributed by atoms with Gasteiger partial charge in [0.1, 0.15) is 0 Å². The predicted molar refractivity (Wildman–Crippen MR) is 103 cm³/mol. The molecule has 8 nitrogen and oxygen atoms in total. The van der Waals surface area contributed by atoms with Gasteiger partial charge in [-0.05, 0) is 37.6 Å². The second-order valence-electron chi connectivity index (χ2n) is 6.41. The van der Waals surface area contributed by atoms with Crippen LogP contribution in [0.5, 0.6) is 0 Å². The summed E-state index contributed by atoms with van der Waals surface area (Å²) in [6.07, 6.45) is -0.0323. The number of hydrogen-bond donors (Lipinski definition) is 1. The van der Waals surface area contributed by atoms with Crippen LogP contribution < -0.4 is 5.32 Å². The summed E-state index contributed by atoms with van der Waals surface area (Å²) < 4.78 is 6.34. The van der Waals surface area contributed by atoms with Gasteiger partial charge in [-0.1, -0.05) is 23.7 Å². The number of nitrogens with zero attached hydrogens (tertiary/aromatic N) is 4. The molecule has 0 aliphatic carbocycles. The molecule has 3 aromatic rings. The van der Waals surface area contributed by atoms with Gasteiger partial charge in [0.15, 0.2) is 5.82 Å². The third kappa shape index (κ3) is 4.64. The van der Waals surface area contributed by atoms with E-state index in [0.29, 0.717) is 16.6 Å². The van der Waals surface area contributed by atoms with Crippen LogP contribution in [0.3, 0.4) is 0 Å². The molecule has 1 aromatic carbocycles. The van der Waals surface area contributed by atoms with Crippen LogP contribution in [-0.4, -0.2) is 38.6 Å². The molecule has 1 amide bonds. The molecule has 0 saturated heterocycles. The second kappa shape index (κ2) is 8.35. The molecule has 1 N–H and O–H groups in total. The second-order valence-corrected chi connectivity index (χ2v) is 6.84. The number of carbonyl (C=O) groups is 2. The molecule has 2 aromatic heterocycles. The molecule has 0 aliphatic rings. The normalized spacial score (nSPS) is 12.0. The summed E-state index contributed by atoms with van der Waals surface area (Å²) in [5, 5.41) is 7.75. The molecule has 1 unspecified atom stereocenters. The number of halogens is 1. The number of aryl methyl sites for hydroxylation is 2. The SMILES string of the molecule is COC(=O)CC(NC(=O)Cc1nc2nc(C)cc(C)n2n1)c1ccc(Cl)cc1. The topological polar surface area (TPSA) is 98.5 Å². The van der Waals surface area contributed by atoms with E-state index in [9.17, 15) is 9.59 Å². The summed E-state index contributed by atoms with van der Waals surface area (Å²) in [6.45, 7) is 3.77. The first-order valence-corrected chi connectivity index (χ1v) is 9.05. The van der Waals surface area contributed by atoms with E-state index in [4.69, 9.17) is 16.3 Å².